The van der Waals surface area contributed by atoms with Crippen LogP contribution in [0.5, 0.6) is 0 Å². The van der Waals surface area contributed by atoms with Gasteiger partial charge < -0.3 is 10.6 Å². The topological polar surface area (TPSA) is 29.3 Å². The van der Waals surface area contributed by atoms with E-state index in [9.17, 15) is 8.78 Å². The molecule has 0 aliphatic rings. The Morgan fingerprint density at radius 1 is 1.36 bits per heavy atom. The lowest BCUT2D eigenvalue weighted by atomic mass is 10.1. The number of hydrogen-bond donors (Lipinski definition) is 1. The summed E-state index contributed by atoms with van der Waals surface area (Å²) in [6, 6.07) is 3.55. The molecule has 0 fully saturated rings. The van der Waals surface area contributed by atoms with Crippen LogP contribution in [0.25, 0.3) is 0 Å². The van der Waals surface area contributed by atoms with E-state index in [-0.39, 0.29) is 5.56 Å². The molecule has 0 aliphatic heterocycles. The first kappa shape index (κ1) is 11.1. The molecule has 78 valence electrons. The molecule has 1 aromatic rings. The van der Waals surface area contributed by atoms with Crippen molar-refractivity contribution in [3.05, 3.63) is 35.4 Å². The molecule has 0 saturated carbocycles. The zero-order chi connectivity index (χ0) is 10.7. The number of nitrogens with two attached hydrogens (primary N) is 1. The molecule has 1 aromatic carbocycles. The highest BCUT2D eigenvalue weighted by Crippen LogP contribution is 2.17. The minimum atomic E-state index is -0.850. The van der Waals surface area contributed by atoms with Crippen LogP contribution in [0.3, 0.4) is 0 Å². The van der Waals surface area contributed by atoms with Crippen molar-refractivity contribution in [1.29, 1.82) is 0 Å². The molecule has 4 heteroatoms. The highest BCUT2D eigenvalue weighted by molar-refractivity contribution is 5.22. The molecule has 1 unspecified atom stereocenters. The lowest BCUT2D eigenvalue weighted by Crippen LogP contribution is -2.26. The molecule has 0 bridgehead atoms. The predicted molar refractivity (Wildman–Crippen MR) is 51.8 cm³/mol. The molecule has 1 rings (SSSR count). The van der Waals surface area contributed by atoms with Gasteiger partial charge in [-0.3, -0.25) is 0 Å². The maximum atomic E-state index is 13.2. The van der Waals surface area contributed by atoms with Crippen LogP contribution in [0, 0.1) is 11.6 Å². The second-order valence-corrected chi connectivity index (χ2v) is 3.51. The Morgan fingerprint density at radius 2 is 2.00 bits per heavy atom. The van der Waals surface area contributed by atoms with E-state index in [2.05, 4.69) is 0 Å². The summed E-state index contributed by atoms with van der Waals surface area (Å²) in [6.45, 7) is 0.486. The fourth-order valence-corrected chi connectivity index (χ4v) is 1.30. The summed E-state index contributed by atoms with van der Waals surface area (Å²) in [6.07, 6.45) is 0. The van der Waals surface area contributed by atoms with Gasteiger partial charge in [0.25, 0.3) is 0 Å². The van der Waals surface area contributed by atoms with Gasteiger partial charge in [-0.1, -0.05) is 12.1 Å². The summed E-state index contributed by atoms with van der Waals surface area (Å²) in [4.78, 5) is 1.83. The van der Waals surface area contributed by atoms with Crippen molar-refractivity contribution >= 4 is 0 Å². The van der Waals surface area contributed by atoms with Crippen molar-refractivity contribution in [2.24, 2.45) is 5.73 Å². The van der Waals surface area contributed by atoms with Crippen molar-refractivity contribution in [3.8, 4) is 0 Å². The van der Waals surface area contributed by atoms with E-state index in [4.69, 9.17) is 5.73 Å². The Morgan fingerprint density at radius 3 is 2.57 bits per heavy atom. The third-order valence-corrected chi connectivity index (χ3v) is 1.94. The van der Waals surface area contributed by atoms with Gasteiger partial charge in [-0.15, -0.1) is 0 Å². The fraction of sp³-hybridized carbons (Fsp3) is 0.400. The fourth-order valence-electron chi connectivity index (χ4n) is 1.30. The van der Waals surface area contributed by atoms with Gasteiger partial charge in [-0.2, -0.15) is 0 Å². The number of hydrogen-bond acceptors (Lipinski definition) is 2. The van der Waals surface area contributed by atoms with E-state index in [1.54, 1.807) is 0 Å². The first-order valence-corrected chi connectivity index (χ1v) is 4.36. The first-order chi connectivity index (χ1) is 6.52. The van der Waals surface area contributed by atoms with Crippen LogP contribution in [0.15, 0.2) is 18.2 Å². The predicted octanol–water partition coefficient (Wildman–Crippen LogP) is 1.53. The van der Waals surface area contributed by atoms with Crippen LogP contribution in [0.1, 0.15) is 11.6 Å². The van der Waals surface area contributed by atoms with Crippen molar-refractivity contribution in [2.45, 2.75) is 6.04 Å². The van der Waals surface area contributed by atoms with Gasteiger partial charge in [0.1, 0.15) is 0 Å². The van der Waals surface area contributed by atoms with Gasteiger partial charge in [-0.05, 0) is 20.2 Å². The third kappa shape index (κ3) is 2.49. The normalized spacial score (nSPS) is 13.3. The van der Waals surface area contributed by atoms with Crippen LogP contribution < -0.4 is 5.73 Å². The summed E-state index contributed by atoms with van der Waals surface area (Å²) in [5.41, 5.74) is 5.94. The number of benzene rings is 1. The summed E-state index contributed by atoms with van der Waals surface area (Å²) < 4.78 is 26.1. The maximum Gasteiger partial charge on any atom is 0.163 e. The lowest BCUT2D eigenvalue weighted by molar-refractivity contribution is 0.368. The van der Waals surface area contributed by atoms with E-state index in [1.165, 1.54) is 12.1 Å². The molecule has 2 N–H and O–H groups in total. The van der Waals surface area contributed by atoms with E-state index >= 15 is 0 Å². The smallest absolute Gasteiger partial charge is 0.163 e. The average molecular weight is 200 g/mol. The molecule has 14 heavy (non-hydrogen) atoms. The molecule has 0 radical (unpaired) electrons. The second-order valence-electron chi connectivity index (χ2n) is 3.51. The Kier molecular flexibility index (Phi) is 3.55. The monoisotopic (exact) mass is 200 g/mol. The molecule has 0 heterocycles. The minimum absolute atomic E-state index is 0.221. The highest BCUT2D eigenvalue weighted by atomic mass is 19.2. The number of halogens is 2. The standard InChI is InChI=1S/C10H14F2N2/c1-14(2)6-9(13)7-4-3-5-8(11)10(7)12/h3-5,9H,6,13H2,1-2H3. The molecular formula is C10H14F2N2. The molecule has 2 nitrogen and oxygen atoms in total. The van der Waals surface area contributed by atoms with Gasteiger partial charge in [0.05, 0.1) is 0 Å². The average Bonchev–Trinajstić information content (AvgIpc) is 2.08. The SMILES string of the molecule is CN(C)CC(N)c1cccc(F)c1F. The Bertz CT molecular complexity index is 313. The lowest BCUT2D eigenvalue weighted by Gasteiger charge is -2.17. The van der Waals surface area contributed by atoms with E-state index in [0.717, 1.165) is 6.07 Å². The second kappa shape index (κ2) is 4.48. The van der Waals surface area contributed by atoms with Crippen molar-refractivity contribution in [1.82, 2.24) is 4.90 Å². The van der Waals surface area contributed by atoms with E-state index in [0.29, 0.717) is 6.54 Å². The summed E-state index contributed by atoms with van der Waals surface area (Å²) >= 11 is 0. The zero-order valence-electron chi connectivity index (χ0n) is 8.30. The minimum Gasteiger partial charge on any atom is -0.323 e. The zero-order valence-corrected chi connectivity index (χ0v) is 8.30. The largest absolute Gasteiger partial charge is 0.323 e. The van der Waals surface area contributed by atoms with Crippen LogP contribution in [-0.4, -0.2) is 25.5 Å². The van der Waals surface area contributed by atoms with Gasteiger partial charge in [0.2, 0.25) is 0 Å². The summed E-state index contributed by atoms with van der Waals surface area (Å²) in [7, 11) is 3.66. The first-order valence-electron chi connectivity index (χ1n) is 4.36. The number of nitrogens with zero attached hydrogens (tertiary/aromatic N) is 1. The van der Waals surface area contributed by atoms with Crippen LogP contribution in [0.2, 0.25) is 0 Å². The Hall–Kier alpha value is -1.00. The molecule has 0 saturated heterocycles. The molecular weight excluding hydrogens is 186 g/mol. The number of rotatable bonds is 3. The number of likely N-dealkylation sites (N-methyl/N-ethyl adjacent to an activating group) is 1. The molecule has 0 amide bonds. The Balaban J connectivity index is 2.89. The third-order valence-electron chi connectivity index (χ3n) is 1.94. The maximum absolute atomic E-state index is 13.2. The highest BCUT2D eigenvalue weighted by Gasteiger charge is 2.14. The summed E-state index contributed by atoms with van der Waals surface area (Å²) in [5.74, 6) is -1.70. The van der Waals surface area contributed by atoms with Gasteiger partial charge in [-0.25, -0.2) is 8.78 Å². The van der Waals surface area contributed by atoms with Crippen LogP contribution in [0.4, 0.5) is 8.78 Å². The van der Waals surface area contributed by atoms with Gasteiger partial charge in [0, 0.05) is 18.2 Å². The van der Waals surface area contributed by atoms with Crippen molar-refractivity contribution in [3.63, 3.8) is 0 Å². The van der Waals surface area contributed by atoms with E-state index < -0.39 is 17.7 Å². The Labute approximate surface area is 82.3 Å². The molecule has 0 aliphatic carbocycles. The molecule has 0 spiro atoms. The van der Waals surface area contributed by atoms with Crippen LogP contribution >= 0.6 is 0 Å². The molecule has 1 atom stereocenters. The van der Waals surface area contributed by atoms with Crippen LogP contribution in [-0.2, 0) is 0 Å². The molecule has 0 aromatic heterocycles. The summed E-state index contributed by atoms with van der Waals surface area (Å²) in [5, 5.41) is 0. The van der Waals surface area contributed by atoms with Crippen molar-refractivity contribution < 1.29 is 8.78 Å². The van der Waals surface area contributed by atoms with E-state index in [1.807, 2.05) is 19.0 Å². The van der Waals surface area contributed by atoms with Gasteiger partial charge in [0.15, 0.2) is 11.6 Å². The quantitative estimate of drug-likeness (QED) is 0.801. The van der Waals surface area contributed by atoms with Gasteiger partial charge >= 0.3 is 0 Å². The van der Waals surface area contributed by atoms with Crippen molar-refractivity contribution in [2.75, 3.05) is 20.6 Å².